The lowest BCUT2D eigenvalue weighted by molar-refractivity contribution is -0.186. The Morgan fingerprint density at radius 3 is 2.66 bits per heavy atom. The highest BCUT2D eigenvalue weighted by atomic mass is 16.7. The van der Waals surface area contributed by atoms with Gasteiger partial charge in [-0.15, -0.1) is 0 Å². The maximum absolute atomic E-state index is 9.91. The monoisotopic (exact) mass is 473 g/mol. The van der Waals surface area contributed by atoms with Crippen LogP contribution in [0.1, 0.15) is 67.9 Å². The van der Waals surface area contributed by atoms with Gasteiger partial charge in [0.1, 0.15) is 11.4 Å². The van der Waals surface area contributed by atoms with Gasteiger partial charge in [0.2, 0.25) is 5.89 Å². The molecule has 0 aliphatic carbocycles. The molecule has 0 N–H and O–H groups in total. The van der Waals surface area contributed by atoms with Crippen LogP contribution in [0.3, 0.4) is 0 Å². The van der Waals surface area contributed by atoms with E-state index in [4.69, 9.17) is 18.9 Å². The quantitative estimate of drug-likeness (QED) is 0.412. The van der Waals surface area contributed by atoms with Crippen molar-refractivity contribution in [2.75, 3.05) is 26.2 Å². The van der Waals surface area contributed by atoms with E-state index < -0.39 is 5.92 Å². The van der Waals surface area contributed by atoms with Crippen LogP contribution in [-0.4, -0.2) is 48.5 Å². The first-order valence-corrected chi connectivity index (χ1v) is 13.0. The molecule has 0 radical (unpaired) electrons. The summed E-state index contributed by atoms with van der Waals surface area (Å²) in [6.07, 6.45) is 5.72. The molecular formula is C29H35N3O3. The van der Waals surface area contributed by atoms with Crippen molar-refractivity contribution in [2.24, 2.45) is 0 Å². The number of likely N-dealkylation sites (tertiary alicyclic amines) is 1. The van der Waals surface area contributed by atoms with Crippen LogP contribution in [0.5, 0.6) is 0 Å². The molecule has 0 amide bonds. The van der Waals surface area contributed by atoms with Crippen molar-refractivity contribution < 1.29 is 13.9 Å². The predicted molar refractivity (Wildman–Crippen MR) is 135 cm³/mol. The van der Waals surface area contributed by atoms with Crippen molar-refractivity contribution in [3.8, 4) is 6.07 Å². The molecule has 2 saturated heterocycles. The molecule has 0 spiro atoms. The summed E-state index contributed by atoms with van der Waals surface area (Å²) in [5, 5.41) is 9.91. The number of hydrogen-bond acceptors (Lipinski definition) is 6. The fourth-order valence-corrected chi connectivity index (χ4v) is 5.35. The molecule has 3 atom stereocenters. The predicted octanol–water partition coefficient (Wildman–Crippen LogP) is 5.79. The van der Waals surface area contributed by atoms with Gasteiger partial charge >= 0.3 is 0 Å². The first-order chi connectivity index (χ1) is 17.2. The van der Waals surface area contributed by atoms with Crippen LogP contribution in [0, 0.1) is 11.3 Å². The van der Waals surface area contributed by atoms with Crippen LogP contribution in [0.15, 0.2) is 52.9 Å². The standard InChI is InChI=1S/C29H35N3O3/c1-21(34-27-12-5-6-19-33-27)25(20-30)29-31-28-24(10-7-11-26(28)35-29)23-14-17-32(18-15-23)16-13-22-8-3-2-4-9-22/h2-4,7-11,21,23,25,27H,5-6,12-19H2,1H3. The number of nitrogens with zero attached hydrogens (tertiary/aromatic N) is 3. The maximum atomic E-state index is 9.91. The molecule has 0 bridgehead atoms. The van der Waals surface area contributed by atoms with Crippen LogP contribution in [0.4, 0.5) is 0 Å². The average Bonchev–Trinajstić information content (AvgIpc) is 3.33. The highest BCUT2D eigenvalue weighted by Crippen LogP contribution is 2.35. The van der Waals surface area contributed by atoms with E-state index in [0.717, 1.165) is 69.3 Å². The van der Waals surface area contributed by atoms with Gasteiger partial charge in [0.05, 0.1) is 12.2 Å². The second-order valence-electron chi connectivity index (χ2n) is 9.84. The zero-order chi connectivity index (χ0) is 24.0. The largest absolute Gasteiger partial charge is 0.439 e. The average molecular weight is 474 g/mol. The van der Waals surface area contributed by atoms with Gasteiger partial charge in [0.15, 0.2) is 11.9 Å². The molecule has 0 saturated carbocycles. The van der Waals surface area contributed by atoms with Crippen molar-refractivity contribution in [1.82, 2.24) is 9.88 Å². The van der Waals surface area contributed by atoms with Gasteiger partial charge in [-0.3, -0.25) is 0 Å². The van der Waals surface area contributed by atoms with Crippen LogP contribution in [0.25, 0.3) is 11.1 Å². The van der Waals surface area contributed by atoms with Crippen molar-refractivity contribution in [1.29, 1.82) is 5.26 Å². The molecule has 2 aromatic carbocycles. The van der Waals surface area contributed by atoms with Crippen LogP contribution in [0.2, 0.25) is 0 Å². The Morgan fingerprint density at radius 2 is 1.91 bits per heavy atom. The summed E-state index contributed by atoms with van der Waals surface area (Å²) >= 11 is 0. The van der Waals surface area contributed by atoms with Gasteiger partial charge in [-0.2, -0.15) is 5.26 Å². The molecule has 3 heterocycles. The number of piperidine rings is 1. The Kier molecular flexibility index (Phi) is 7.78. The summed E-state index contributed by atoms with van der Waals surface area (Å²) in [6, 6.07) is 19.2. The van der Waals surface area contributed by atoms with E-state index >= 15 is 0 Å². The van der Waals surface area contributed by atoms with Crippen LogP contribution >= 0.6 is 0 Å². The molecular weight excluding hydrogens is 438 g/mol. The smallest absolute Gasteiger partial charge is 0.215 e. The zero-order valence-corrected chi connectivity index (χ0v) is 20.6. The van der Waals surface area contributed by atoms with Crippen LogP contribution < -0.4 is 0 Å². The summed E-state index contributed by atoms with van der Waals surface area (Å²) in [4.78, 5) is 7.41. The van der Waals surface area contributed by atoms with Crippen molar-refractivity contribution in [3.63, 3.8) is 0 Å². The van der Waals surface area contributed by atoms with E-state index in [2.05, 4.69) is 47.4 Å². The maximum Gasteiger partial charge on any atom is 0.215 e. The number of nitriles is 1. The lowest BCUT2D eigenvalue weighted by Gasteiger charge is -2.32. The molecule has 6 nitrogen and oxygen atoms in total. The summed E-state index contributed by atoms with van der Waals surface area (Å²) in [6.45, 7) is 5.90. The molecule has 2 aliphatic rings. The van der Waals surface area contributed by atoms with Crippen molar-refractivity contribution in [3.05, 3.63) is 65.5 Å². The van der Waals surface area contributed by atoms with E-state index in [1.807, 2.05) is 19.1 Å². The number of oxazole rings is 1. The third-order valence-electron chi connectivity index (χ3n) is 7.43. The molecule has 2 aliphatic heterocycles. The lowest BCUT2D eigenvalue weighted by atomic mass is 9.88. The first-order valence-electron chi connectivity index (χ1n) is 13.0. The van der Waals surface area contributed by atoms with Gasteiger partial charge in [-0.05, 0) is 81.6 Å². The fourth-order valence-electron chi connectivity index (χ4n) is 5.35. The number of para-hydroxylation sites is 1. The third kappa shape index (κ3) is 5.75. The summed E-state index contributed by atoms with van der Waals surface area (Å²) in [5.41, 5.74) is 4.29. The van der Waals surface area contributed by atoms with E-state index in [9.17, 15) is 5.26 Å². The van der Waals surface area contributed by atoms with E-state index in [-0.39, 0.29) is 12.4 Å². The van der Waals surface area contributed by atoms with E-state index in [0.29, 0.717) is 18.4 Å². The summed E-state index contributed by atoms with van der Waals surface area (Å²) in [7, 11) is 0. The van der Waals surface area contributed by atoms with E-state index in [1.54, 1.807) is 0 Å². The van der Waals surface area contributed by atoms with Crippen LogP contribution in [-0.2, 0) is 15.9 Å². The Labute approximate surface area is 207 Å². The molecule has 2 fully saturated rings. The molecule has 184 valence electrons. The Balaban J connectivity index is 1.24. The van der Waals surface area contributed by atoms with Gasteiger partial charge in [0, 0.05) is 13.2 Å². The molecule has 35 heavy (non-hydrogen) atoms. The highest BCUT2D eigenvalue weighted by molar-refractivity contribution is 5.77. The van der Waals surface area contributed by atoms with Crippen molar-refractivity contribution >= 4 is 11.1 Å². The van der Waals surface area contributed by atoms with Gasteiger partial charge in [0.25, 0.3) is 0 Å². The topological polar surface area (TPSA) is 71.5 Å². The lowest BCUT2D eigenvalue weighted by Crippen LogP contribution is -2.34. The minimum Gasteiger partial charge on any atom is -0.439 e. The Morgan fingerprint density at radius 1 is 1.09 bits per heavy atom. The first kappa shape index (κ1) is 24.0. The second-order valence-corrected chi connectivity index (χ2v) is 9.84. The highest BCUT2D eigenvalue weighted by Gasteiger charge is 2.30. The summed E-state index contributed by atoms with van der Waals surface area (Å²) in [5.74, 6) is 0.327. The molecule has 5 rings (SSSR count). The fraction of sp³-hybridized carbons (Fsp3) is 0.517. The van der Waals surface area contributed by atoms with E-state index in [1.165, 1.54) is 11.1 Å². The molecule has 3 aromatic rings. The third-order valence-corrected chi connectivity index (χ3v) is 7.43. The Bertz CT molecular complexity index is 1130. The Hall–Kier alpha value is -2.72. The number of benzene rings is 2. The molecule has 6 heteroatoms. The van der Waals surface area contributed by atoms with Gasteiger partial charge in [-0.25, -0.2) is 4.98 Å². The number of aromatic nitrogens is 1. The minimum absolute atomic E-state index is 0.249. The summed E-state index contributed by atoms with van der Waals surface area (Å²) < 4.78 is 17.9. The zero-order valence-electron chi connectivity index (χ0n) is 20.6. The van der Waals surface area contributed by atoms with Crippen molar-refractivity contribution in [2.45, 2.75) is 69.7 Å². The van der Waals surface area contributed by atoms with Gasteiger partial charge < -0.3 is 18.8 Å². The second kappa shape index (κ2) is 11.3. The molecule has 1 aromatic heterocycles. The minimum atomic E-state index is -0.569. The number of rotatable bonds is 8. The molecule has 3 unspecified atom stereocenters. The number of fused-ring (bicyclic) bond motifs is 1. The van der Waals surface area contributed by atoms with Gasteiger partial charge in [-0.1, -0.05) is 42.5 Å². The normalized spacial score (nSPS) is 21.5. The number of ether oxygens (including phenoxy) is 2. The SMILES string of the molecule is CC(OC1CCCCO1)C(C#N)c1nc2c(C3CCN(CCc4ccccc4)CC3)cccc2o1. The number of hydrogen-bond donors (Lipinski definition) is 0.